The fraction of sp³-hybridized carbons (Fsp3) is 0.769. The first-order valence-corrected chi connectivity index (χ1v) is 27.0. The monoisotopic (exact) mass is 939 g/mol. The molecule has 1 heterocycles. The zero-order chi connectivity index (χ0) is 47.6. The molecule has 0 aromatic carbocycles. The van der Waals surface area contributed by atoms with Gasteiger partial charge in [0.2, 0.25) is 0 Å². The van der Waals surface area contributed by atoms with E-state index in [0.717, 1.165) is 51.4 Å². The summed E-state index contributed by atoms with van der Waals surface area (Å²) in [6, 6.07) is 0. The molecule has 13 heteroatoms. The Morgan fingerprint density at radius 1 is 0.538 bits per heavy atom. The maximum Gasteiger partial charge on any atom is 0.306 e. The zero-order valence-electron chi connectivity index (χ0n) is 40.3. The number of rotatable bonds is 42. The molecule has 6 atom stereocenters. The summed E-state index contributed by atoms with van der Waals surface area (Å²) in [4.78, 5) is 25.5. The van der Waals surface area contributed by atoms with E-state index in [1.165, 1.54) is 103 Å². The molecule has 0 aromatic rings. The van der Waals surface area contributed by atoms with Crippen LogP contribution in [0.2, 0.25) is 0 Å². The molecular formula is C52H90O12S. The average Bonchev–Trinajstić information content (AvgIpc) is 3.27. The van der Waals surface area contributed by atoms with Crippen molar-refractivity contribution in [3.8, 4) is 0 Å². The first-order valence-electron chi connectivity index (χ1n) is 25.3. The van der Waals surface area contributed by atoms with Crippen LogP contribution >= 0.6 is 0 Å². The van der Waals surface area contributed by atoms with Crippen molar-refractivity contribution < 1.29 is 56.8 Å². The third-order valence-electron chi connectivity index (χ3n) is 11.4. The van der Waals surface area contributed by atoms with Crippen molar-refractivity contribution in [2.75, 3.05) is 19.0 Å². The standard InChI is InChI=1S/C52H90O12S/c1-3-5-7-9-11-13-15-17-19-21-22-23-25-27-29-31-33-35-37-39-41-48(54)63-45(43-62-52-51(57)50(56)49(55)46(64-52)44-65(58,59)60)42-61-47(53)40-38-36-34-32-30-28-26-24-20-18-16-14-12-10-8-6-4-2/h6,8,12,14,18,20,26,28,32,34,45-46,49-52,55-57H,3-5,7,9-11,13,15-17,19,21-25,27,29-31,33,35-44H2,1-2H3,(H,58,59,60)/b8-6+,14-12+,20-18+,28-26+,34-32+/t45-,46-,49-,50?,51?,52+/m1/s1. The van der Waals surface area contributed by atoms with Gasteiger partial charge in [-0.05, 0) is 51.4 Å². The normalized spacial score (nSPS) is 20.0. The Morgan fingerprint density at radius 3 is 1.43 bits per heavy atom. The smallest absolute Gasteiger partial charge is 0.306 e. The Balaban J connectivity index is 2.41. The van der Waals surface area contributed by atoms with Crippen LogP contribution in [0.5, 0.6) is 0 Å². The van der Waals surface area contributed by atoms with Gasteiger partial charge in [0, 0.05) is 12.8 Å². The molecule has 2 unspecified atom stereocenters. The van der Waals surface area contributed by atoms with Gasteiger partial charge >= 0.3 is 11.9 Å². The molecule has 0 bridgehead atoms. The lowest BCUT2D eigenvalue weighted by molar-refractivity contribution is -0.297. The van der Waals surface area contributed by atoms with Crippen molar-refractivity contribution >= 4 is 22.1 Å². The van der Waals surface area contributed by atoms with Crippen molar-refractivity contribution in [1.29, 1.82) is 0 Å². The number of aliphatic hydroxyl groups excluding tert-OH is 3. The first-order chi connectivity index (χ1) is 31.5. The molecule has 4 N–H and O–H groups in total. The number of ether oxygens (including phenoxy) is 4. The summed E-state index contributed by atoms with van der Waals surface area (Å²) in [5, 5.41) is 31.0. The summed E-state index contributed by atoms with van der Waals surface area (Å²) < 4.78 is 54.2. The molecule has 1 saturated heterocycles. The van der Waals surface area contributed by atoms with Crippen molar-refractivity contribution in [2.24, 2.45) is 0 Å². The number of aliphatic hydroxyl groups is 3. The van der Waals surface area contributed by atoms with Crippen LogP contribution in [0.15, 0.2) is 60.8 Å². The maximum absolute atomic E-state index is 12.9. The fourth-order valence-electron chi connectivity index (χ4n) is 7.48. The van der Waals surface area contributed by atoms with E-state index in [9.17, 15) is 37.9 Å². The van der Waals surface area contributed by atoms with E-state index in [0.29, 0.717) is 19.3 Å². The molecule has 12 nitrogen and oxygen atoms in total. The van der Waals surface area contributed by atoms with Crippen LogP contribution in [-0.2, 0) is 38.7 Å². The van der Waals surface area contributed by atoms with Gasteiger partial charge < -0.3 is 34.3 Å². The molecule has 1 fully saturated rings. The van der Waals surface area contributed by atoms with Crippen LogP contribution in [0, 0.1) is 0 Å². The van der Waals surface area contributed by atoms with Gasteiger partial charge in [-0.15, -0.1) is 0 Å². The molecule has 0 aliphatic carbocycles. The van der Waals surface area contributed by atoms with E-state index in [1.54, 1.807) is 0 Å². The van der Waals surface area contributed by atoms with E-state index in [4.69, 9.17) is 18.9 Å². The van der Waals surface area contributed by atoms with Gasteiger partial charge in [-0.1, -0.05) is 197 Å². The third kappa shape index (κ3) is 36.1. The second-order valence-electron chi connectivity index (χ2n) is 17.5. The Bertz CT molecular complexity index is 1420. The van der Waals surface area contributed by atoms with Gasteiger partial charge in [0.05, 0.1) is 6.61 Å². The van der Waals surface area contributed by atoms with Gasteiger partial charge in [0.1, 0.15) is 36.8 Å². The number of hydrogen-bond acceptors (Lipinski definition) is 11. The summed E-state index contributed by atoms with van der Waals surface area (Å²) in [5.41, 5.74) is 0. The van der Waals surface area contributed by atoms with Gasteiger partial charge in [0.25, 0.3) is 10.1 Å². The molecular weight excluding hydrogens is 849 g/mol. The SMILES string of the molecule is CC/C=C/C/C=C/C/C=C/C/C=C/C/C=C/CCCC(=O)OC[C@H](CO[C@H]1O[C@H](CS(=O)(=O)O)[C@@H](O)C(O)C1O)OC(=O)CCCCCCCCCCCCCCCCCCCCCC. The highest BCUT2D eigenvalue weighted by Crippen LogP contribution is 2.24. The van der Waals surface area contributed by atoms with E-state index in [-0.39, 0.29) is 19.4 Å². The van der Waals surface area contributed by atoms with Crippen molar-refractivity contribution in [3.05, 3.63) is 60.8 Å². The molecule has 0 spiro atoms. The number of allylic oxidation sites excluding steroid dienone is 10. The highest BCUT2D eigenvalue weighted by atomic mass is 32.2. The zero-order valence-corrected chi connectivity index (χ0v) is 41.1. The Kier molecular flexibility index (Phi) is 38.6. The summed E-state index contributed by atoms with van der Waals surface area (Å²) in [5.74, 6) is -2.05. The highest BCUT2D eigenvalue weighted by Gasteiger charge is 2.46. The van der Waals surface area contributed by atoms with Crippen molar-refractivity contribution in [1.82, 2.24) is 0 Å². The molecule has 1 aliphatic rings. The topological polar surface area (TPSA) is 186 Å². The minimum Gasteiger partial charge on any atom is -0.462 e. The average molecular weight is 939 g/mol. The van der Waals surface area contributed by atoms with Crippen molar-refractivity contribution in [2.45, 2.75) is 237 Å². The van der Waals surface area contributed by atoms with Gasteiger partial charge in [-0.25, -0.2) is 0 Å². The number of carbonyl (C=O) groups is 2. The van der Waals surface area contributed by atoms with Crippen LogP contribution in [0.25, 0.3) is 0 Å². The Labute approximate surface area is 394 Å². The lowest BCUT2D eigenvalue weighted by Crippen LogP contribution is -2.60. The molecule has 376 valence electrons. The van der Waals surface area contributed by atoms with Gasteiger partial charge in [0.15, 0.2) is 12.4 Å². The summed E-state index contributed by atoms with van der Waals surface area (Å²) >= 11 is 0. The summed E-state index contributed by atoms with van der Waals surface area (Å²) in [7, 11) is -4.61. The third-order valence-corrected chi connectivity index (χ3v) is 12.1. The molecule has 0 saturated carbocycles. The fourth-order valence-corrected chi connectivity index (χ4v) is 8.17. The van der Waals surface area contributed by atoms with Gasteiger partial charge in [-0.3, -0.25) is 14.1 Å². The Hall–Kier alpha value is -2.65. The van der Waals surface area contributed by atoms with E-state index in [1.807, 2.05) is 12.2 Å². The first kappa shape index (κ1) is 60.4. The molecule has 0 radical (unpaired) electrons. The van der Waals surface area contributed by atoms with Crippen LogP contribution in [0.3, 0.4) is 0 Å². The van der Waals surface area contributed by atoms with E-state index < -0.39 is 71.2 Å². The number of carbonyl (C=O) groups excluding carboxylic acids is 2. The highest BCUT2D eigenvalue weighted by molar-refractivity contribution is 7.85. The number of hydrogen-bond donors (Lipinski definition) is 4. The molecule has 65 heavy (non-hydrogen) atoms. The summed E-state index contributed by atoms with van der Waals surface area (Å²) in [6.45, 7) is 3.62. The largest absolute Gasteiger partial charge is 0.462 e. The maximum atomic E-state index is 12.9. The Morgan fingerprint density at radius 2 is 0.969 bits per heavy atom. The number of unbranched alkanes of at least 4 members (excludes halogenated alkanes) is 20. The van der Waals surface area contributed by atoms with Crippen LogP contribution < -0.4 is 0 Å². The quantitative estimate of drug-likeness (QED) is 0.0197. The van der Waals surface area contributed by atoms with Crippen molar-refractivity contribution in [3.63, 3.8) is 0 Å². The lowest BCUT2D eigenvalue weighted by atomic mass is 10.00. The summed E-state index contributed by atoms with van der Waals surface area (Å²) in [6.07, 6.45) is 42.7. The lowest BCUT2D eigenvalue weighted by Gasteiger charge is -2.40. The second-order valence-corrected chi connectivity index (χ2v) is 19.0. The predicted molar refractivity (Wildman–Crippen MR) is 261 cm³/mol. The van der Waals surface area contributed by atoms with Crippen LogP contribution in [0.4, 0.5) is 0 Å². The molecule has 0 aromatic heterocycles. The minimum atomic E-state index is -4.61. The second kappa shape index (κ2) is 41.5. The van der Waals surface area contributed by atoms with Crippen LogP contribution in [-0.4, -0.2) is 96.0 Å². The molecule has 1 aliphatic heterocycles. The molecule has 1 rings (SSSR count). The minimum absolute atomic E-state index is 0.140. The predicted octanol–water partition coefficient (Wildman–Crippen LogP) is 11.3. The van der Waals surface area contributed by atoms with Crippen LogP contribution in [0.1, 0.15) is 200 Å². The number of esters is 2. The van der Waals surface area contributed by atoms with Gasteiger partial charge in [-0.2, -0.15) is 8.42 Å². The molecule has 0 amide bonds. The van der Waals surface area contributed by atoms with E-state index in [2.05, 4.69) is 62.5 Å². The van der Waals surface area contributed by atoms with E-state index >= 15 is 0 Å².